The summed E-state index contributed by atoms with van der Waals surface area (Å²) in [6.45, 7) is 10.4. The molecule has 2 aromatic carbocycles. The van der Waals surface area contributed by atoms with Crippen molar-refractivity contribution in [2.45, 2.75) is 34.6 Å². The highest BCUT2D eigenvalue weighted by Gasteiger charge is 2.09. The Hall–Kier alpha value is -2.72. The van der Waals surface area contributed by atoms with E-state index in [1.165, 1.54) is 16.7 Å². The second-order valence-electron chi connectivity index (χ2n) is 6.69. The minimum atomic E-state index is 0.733. The van der Waals surface area contributed by atoms with E-state index >= 15 is 0 Å². The second kappa shape index (κ2) is 8.31. The number of aryl methyl sites for hydroxylation is 3. The highest BCUT2D eigenvalue weighted by atomic mass is 32.1. The third-order valence-electron chi connectivity index (χ3n) is 4.27. The lowest BCUT2D eigenvalue weighted by molar-refractivity contribution is 0.341. The quantitative estimate of drug-likeness (QED) is 0.364. The number of nitrogens with zero attached hydrogens (tertiary/aromatic N) is 2. The smallest absolute Gasteiger partial charge is 0.157 e. The molecule has 0 aliphatic heterocycles. The van der Waals surface area contributed by atoms with Crippen LogP contribution in [-0.4, -0.2) is 11.4 Å². The van der Waals surface area contributed by atoms with Crippen molar-refractivity contribution in [2.24, 2.45) is 10.1 Å². The second-order valence-corrected chi connectivity index (χ2v) is 7.77. The van der Waals surface area contributed by atoms with Crippen molar-refractivity contribution in [2.75, 3.05) is 0 Å². The first kappa shape index (κ1) is 19.1. The summed E-state index contributed by atoms with van der Waals surface area (Å²) in [6.07, 6.45) is 0. The van der Waals surface area contributed by atoms with E-state index in [1.54, 1.807) is 11.3 Å². The molecule has 138 valence electrons. The van der Waals surface area contributed by atoms with Crippen LogP contribution in [0.3, 0.4) is 0 Å². The molecule has 0 amide bonds. The zero-order valence-corrected chi connectivity index (χ0v) is 17.2. The van der Waals surface area contributed by atoms with Gasteiger partial charge in [-0.1, -0.05) is 41.1 Å². The number of thiophene rings is 1. The van der Waals surface area contributed by atoms with Crippen molar-refractivity contribution in [3.05, 3.63) is 81.0 Å². The maximum atomic E-state index is 5.49. The van der Waals surface area contributed by atoms with Crippen LogP contribution in [0.5, 0.6) is 5.75 Å². The summed E-state index contributed by atoms with van der Waals surface area (Å²) in [5, 5.41) is 4.25. The summed E-state index contributed by atoms with van der Waals surface area (Å²) in [6, 6.07) is 18.1. The third kappa shape index (κ3) is 4.72. The van der Waals surface area contributed by atoms with E-state index in [0.29, 0.717) is 0 Å². The lowest BCUT2D eigenvalue weighted by Gasteiger charge is -2.08. The first-order chi connectivity index (χ1) is 12.9. The minimum absolute atomic E-state index is 0.733. The van der Waals surface area contributed by atoms with Crippen LogP contribution in [0.15, 0.2) is 64.7 Å². The predicted octanol–water partition coefficient (Wildman–Crippen LogP) is 6.62. The molecular weight excluding hydrogens is 352 g/mol. The summed E-state index contributed by atoms with van der Waals surface area (Å²) in [4.78, 5) is 12.6. The van der Waals surface area contributed by atoms with Crippen molar-refractivity contribution in [3.63, 3.8) is 0 Å². The fourth-order valence-corrected chi connectivity index (χ4v) is 3.83. The average Bonchev–Trinajstić information content (AvgIpc) is 3.14. The largest absolute Gasteiger partial charge is 0.357 e. The van der Waals surface area contributed by atoms with Crippen LogP contribution >= 0.6 is 11.3 Å². The summed E-state index contributed by atoms with van der Waals surface area (Å²) >= 11 is 1.68. The standard InChI is InChI=1S/C23H24N2OS/c1-15-13-16(2)23(17(3)14-15)24-18(4)21-11-12-22(27-21)19(5)25-26-20-9-7-6-8-10-20/h6-14H,1-5H3/b24-18?,25-19+. The first-order valence-electron chi connectivity index (χ1n) is 8.94. The molecule has 0 unspecified atom stereocenters. The molecule has 0 spiro atoms. The van der Waals surface area contributed by atoms with Gasteiger partial charge in [-0.2, -0.15) is 0 Å². The fourth-order valence-electron chi connectivity index (χ4n) is 2.95. The number of oxime groups is 1. The molecule has 4 heteroatoms. The highest BCUT2D eigenvalue weighted by molar-refractivity contribution is 7.16. The zero-order valence-electron chi connectivity index (χ0n) is 16.4. The number of aliphatic imine (C=N–C) groups is 1. The van der Waals surface area contributed by atoms with Crippen molar-refractivity contribution in [3.8, 4) is 5.75 Å². The molecule has 0 atom stereocenters. The molecule has 0 N–H and O–H groups in total. The molecule has 0 saturated carbocycles. The van der Waals surface area contributed by atoms with Crippen LogP contribution in [0, 0.1) is 20.8 Å². The van der Waals surface area contributed by atoms with Crippen LogP contribution in [0.25, 0.3) is 0 Å². The molecule has 1 heterocycles. The monoisotopic (exact) mass is 376 g/mol. The Morgan fingerprint density at radius 1 is 0.815 bits per heavy atom. The number of hydrogen-bond acceptors (Lipinski definition) is 4. The summed E-state index contributed by atoms with van der Waals surface area (Å²) < 4.78 is 0. The molecule has 0 fully saturated rings. The van der Waals surface area contributed by atoms with Gasteiger partial charge < -0.3 is 4.84 Å². The fraction of sp³-hybridized carbons (Fsp3) is 0.217. The van der Waals surface area contributed by atoms with Crippen LogP contribution < -0.4 is 4.84 Å². The molecule has 0 aliphatic carbocycles. The third-order valence-corrected chi connectivity index (χ3v) is 5.57. The van der Waals surface area contributed by atoms with Crippen LogP contribution in [0.2, 0.25) is 0 Å². The van der Waals surface area contributed by atoms with E-state index in [9.17, 15) is 0 Å². The predicted molar refractivity (Wildman–Crippen MR) is 116 cm³/mol. The van der Waals surface area contributed by atoms with Crippen molar-refractivity contribution in [1.29, 1.82) is 0 Å². The van der Waals surface area contributed by atoms with E-state index < -0.39 is 0 Å². The molecule has 3 nitrogen and oxygen atoms in total. The number of hydrogen-bond donors (Lipinski definition) is 0. The molecule has 27 heavy (non-hydrogen) atoms. The van der Waals surface area contributed by atoms with Gasteiger partial charge in [0.05, 0.1) is 22.0 Å². The Kier molecular flexibility index (Phi) is 5.87. The Morgan fingerprint density at radius 2 is 1.41 bits per heavy atom. The SMILES string of the molecule is CC(=Nc1c(C)cc(C)cc1C)c1ccc(/C(C)=N/Oc2ccccc2)s1. The molecule has 3 rings (SSSR count). The number of para-hydroxylation sites is 1. The highest BCUT2D eigenvalue weighted by Crippen LogP contribution is 2.27. The van der Waals surface area contributed by atoms with Crippen LogP contribution in [0.1, 0.15) is 40.3 Å². The molecule has 0 saturated heterocycles. The van der Waals surface area contributed by atoms with Gasteiger partial charge in [-0.3, -0.25) is 4.99 Å². The number of rotatable bonds is 5. The summed E-state index contributed by atoms with van der Waals surface area (Å²) in [7, 11) is 0. The molecular formula is C23H24N2OS. The van der Waals surface area contributed by atoms with Crippen molar-refractivity contribution in [1.82, 2.24) is 0 Å². The van der Waals surface area contributed by atoms with E-state index in [2.05, 4.69) is 57.1 Å². The lowest BCUT2D eigenvalue weighted by Crippen LogP contribution is -1.95. The maximum Gasteiger partial charge on any atom is 0.157 e. The molecule has 0 bridgehead atoms. The van der Waals surface area contributed by atoms with Gasteiger partial charge in [0.1, 0.15) is 0 Å². The number of benzene rings is 2. The summed E-state index contributed by atoms with van der Waals surface area (Å²) in [5.41, 5.74) is 6.61. The Morgan fingerprint density at radius 3 is 2.04 bits per heavy atom. The first-order valence-corrected chi connectivity index (χ1v) is 9.76. The Bertz CT molecular complexity index is 977. The molecule has 1 aromatic heterocycles. The lowest BCUT2D eigenvalue weighted by atomic mass is 10.1. The van der Waals surface area contributed by atoms with E-state index in [-0.39, 0.29) is 0 Å². The van der Waals surface area contributed by atoms with Gasteiger partial charge in [0.2, 0.25) is 0 Å². The van der Waals surface area contributed by atoms with Gasteiger partial charge in [0.25, 0.3) is 0 Å². The van der Waals surface area contributed by atoms with Crippen molar-refractivity contribution >= 4 is 28.4 Å². The van der Waals surface area contributed by atoms with Gasteiger partial charge in [-0.25, -0.2) is 0 Å². The zero-order chi connectivity index (χ0) is 19.4. The summed E-state index contributed by atoms with van der Waals surface area (Å²) in [5.74, 6) is 0.733. The van der Waals surface area contributed by atoms with Gasteiger partial charge in [-0.15, -0.1) is 11.3 Å². The molecule has 0 aliphatic rings. The van der Waals surface area contributed by atoms with Gasteiger partial charge >= 0.3 is 0 Å². The van der Waals surface area contributed by atoms with E-state index in [1.807, 2.05) is 37.3 Å². The molecule has 3 aromatic rings. The van der Waals surface area contributed by atoms with E-state index in [4.69, 9.17) is 9.83 Å². The van der Waals surface area contributed by atoms with Crippen LogP contribution in [0.4, 0.5) is 5.69 Å². The molecule has 0 radical (unpaired) electrons. The minimum Gasteiger partial charge on any atom is -0.357 e. The van der Waals surface area contributed by atoms with Gasteiger partial charge in [0, 0.05) is 4.88 Å². The van der Waals surface area contributed by atoms with Gasteiger partial charge in [0.15, 0.2) is 5.75 Å². The van der Waals surface area contributed by atoms with Crippen LogP contribution in [-0.2, 0) is 0 Å². The van der Waals surface area contributed by atoms with E-state index in [0.717, 1.165) is 32.6 Å². The Labute approximate surface area is 165 Å². The topological polar surface area (TPSA) is 34.0 Å². The normalized spacial score (nSPS) is 12.3. The Balaban J connectivity index is 1.81. The van der Waals surface area contributed by atoms with Crippen molar-refractivity contribution < 1.29 is 4.84 Å². The average molecular weight is 377 g/mol. The maximum absolute atomic E-state index is 5.49. The van der Waals surface area contributed by atoms with Gasteiger partial charge in [-0.05, 0) is 70.0 Å².